The van der Waals surface area contributed by atoms with E-state index in [0.29, 0.717) is 44.2 Å². The lowest BCUT2D eigenvalue weighted by atomic mass is 9.73. The van der Waals surface area contributed by atoms with Crippen LogP contribution >= 0.6 is 0 Å². The maximum Gasteiger partial charge on any atom is 0.241 e. The third-order valence-electron chi connectivity index (χ3n) is 7.33. The maximum atomic E-state index is 13.2. The molecule has 3 fully saturated rings. The highest BCUT2D eigenvalue weighted by atomic mass is 32.2. The minimum atomic E-state index is -1.16. The van der Waals surface area contributed by atoms with Gasteiger partial charge in [-0.05, 0) is 62.7 Å². The molecule has 0 aromatic heterocycles. The molecule has 0 radical (unpaired) electrons. The molecule has 2 saturated heterocycles. The molecular formula is C21H38N2O3S. The van der Waals surface area contributed by atoms with E-state index in [2.05, 4.69) is 18.7 Å². The molecule has 1 amide bonds. The van der Waals surface area contributed by atoms with Crippen LogP contribution in [-0.4, -0.2) is 74.9 Å². The molecule has 1 saturated carbocycles. The topological polar surface area (TPSA) is 60.9 Å². The van der Waals surface area contributed by atoms with Gasteiger partial charge in [0.25, 0.3) is 0 Å². The lowest BCUT2D eigenvalue weighted by Gasteiger charge is -2.44. The highest BCUT2D eigenvalue weighted by Gasteiger charge is 2.47. The maximum absolute atomic E-state index is 13.2. The van der Waals surface area contributed by atoms with Crippen molar-refractivity contribution in [3.05, 3.63) is 0 Å². The van der Waals surface area contributed by atoms with Gasteiger partial charge in [-0.3, -0.25) is 9.00 Å². The van der Waals surface area contributed by atoms with Crippen molar-refractivity contribution in [3.63, 3.8) is 0 Å². The molecule has 0 spiro atoms. The number of carbonyl (C=O) groups is 1. The van der Waals surface area contributed by atoms with Crippen molar-refractivity contribution in [1.82, 2.24) is 9.80 Å². The van der Waals surface area contributed by atoms with Gasteiger partial charge >= 0.3 is 0 Å². The molecular weight excluding hydrogens is 360 g/mol. The Morgan fingerprint density at radius 3 is 2.07 bits per heavy atom. The van der Waals surface area contributed by atoms with Gasteiger partial charge < -0.3 is 14.9 Å². The fraction of sp³-hybridized carbons (Fsp3) is 0.952. The van der Waals surface area contributed by atoms with Crippen LogP contribution in [0.4, 0.5) is 0 Å². The van der Waals surface area contributed by atoms with Gasteiger partial charge in [-0.2, -0.15) is 0 Å². The number of likely N-dealkylation sites (tertiary alicyclic amines) is 2. The summed E-state index contributed by atoms with van der Waals surface area (Å²) >= 11 is 0. The van der Waals surface area contributed by atoms with Crippen molar-refractivity contribution < 1.29 is 14.1 Å². The zero-order valence-corrected chi connectivity index (χ0v) is 18.2. The molecule has 1 unspecified atom stereocenters. The van der Waals surface area contributed by atoms with E-state index in [9.17, 15) is 14.1 Å². The predicted octanol–water partition coefficient (Wildman–Crippen LogP) is 2.40. The highest BCUT2D eigenvalue weighted by Crippen LogP contribution is 2.39. The van der Waals surface area contributed by atoms with E-state index in [1.165, 1.54) is 25.7 Å². The lowest BCUT2D eigenvalue weighted by Crippen LogP contribution is -2.58. The fourth-order valence-electron chi connectivity index (χ4n) is 5.08. The lowest BCUT2D eigenvalue weighted by molar-refractivity contribution is -0.137. The molecule has 156 valence electrons. The van der Waals surface area contributed by atoms with Crippen molar-refractivity contribution in [1.29, 1.82) is 0 Å². The average molecular weight is 399 g/mol. The standard InChI is InChI=1S/C21H38N2O3S/c1-20(2)8-4-17(5-9-20)16-22-14-10-21(11-15-22,27(3)26)19(25)23-12-6-18(24)7-13-23/h17-18,24H,4-16H2,1-3H3. The summed E-state index contributed by atoms with van der Waals surface area (Å²) in [7, 11) is -1.16. The Labute approximate surface area is 167 Å². The highest BCUT2D eigenvalue weighted by molar-refractivity contribution is 7.86. The van der Waals surface area contributed by atoms with E-state index in [0.717, 1.165) is 25.6 Å². The van der Waals surface area contributed by atoms with Crippen LogP contribution in [0, 0.1) is 11.3 Å². The molecule has 1 aliphatic carbocycles. The second-order valence-corrected chi connectivity index (χ2v) is 11.6. The summed E-state index contributed by atoms with van der Waals surface area (Å²) in [5.74, 6) is 0.839. The summed E-state index contributed by atoms with van der Waals surface area (Å²) in [6.07, 6.45) is 9.34. The van der Waals surface area contributed by atoms with Crippen LogP contribution in [-0.2, 0) is 15.6 Å². The number of hydrogen-bond donors (Lipinski definition) is 1. The number of piperidine rings is 2. The molecule has 0 bridgehead atoms. The number of rotatable bonds is 4. The molecule has 0 aromatic rings. The van der Waals surface area contributed by atoms with Crippen molar-refractivity contribution in [2.24, 2.45) is 11.3 Å². The van der Waals surface area contributed by atoms with Crippen molar-refractivity contribution >= 4 is 16.7 Å². The molecule has 0 aromatic carbocycles. The zero-order chi connectivity index (χ0) is 19.7. The molecule has 5 nitrogen and oxygen atoms in total. The summed E-state index contributed by atoms with van der Waals surface area (Å²) in [5.41, 5.74) is 0.501. The van der Waals surface area contributed by atoms with E-state index in [1.807, 2.05) is 4.90 Å². The monoisotopic (exact) mass is 398 g/mol. The van der Waals surface area contributed by atoms with Crippen molar-refractivity contribution in [2.45, 2.75) is 76.1 Å². The zero-order valence-electron chi connectivity index (χ0n) is 17.4. The van der Waals surface area contributed by atoms with Crippen LogP contribution in [0.3, 0.4) is 0 Å². The Bertz CT molecular complexity index is 540. The molecule has 6 heteroatoms. The Kier molecular flexibility index (Phi) is 6.69. The fourth-order valence-corrected chi connectivity index (χ4v) is 6.22. The molecule has 3 rings (SSSR count). The minimum Gasteiger partial charge on any atom is -0.393 e. The predicted molar refractivity (Wildman–Crippen MR) is 110 cm³/mol. The summed E-state index contributed by atoms with van der Waals surface area (Å²) in [4.78, 5) is 17.6. The number of aliphatic hydroxyl groups is 1. The van der Waals surface area contributed by atoms with E-state index in [1.54, 1.807) is 6.26 Å². The molecule has 2 heterocycles. The molecule has 1 N–H and O–H groups in total. The Morgan fingerprint density at radius 1 is 1.00 bits per heavy atom. The number of carbonyl (C=O) groups excluding carboxylic acids is 1. The summed E-state index contributed by atoms with van der Waals surface area (Å²) in [5, 5.41) is 9.71. The third kappa shape index (κ3) is 4.94. The summed E-state index contributed by atoms with van der Waals surface area (Å²) < 4.78 is 11.9. The first-order valence-corrected chi connectivity index (χ1v) is 12.3. The number of nitrogens with zero attached hydrogens (tertiary/aromatic N) is 2. The van der Waals surface area contributed by atoms with Gasteiger partial charge in [0.2, 0.25) is 5.91 Å². The average Bonchev–Trinajstić information content (AvgIpc) is 2.64. The van der Waals surface area contributed by atoms with Crippen LogP contribution < -0.4 is 0 Å². The molecule has 27 heavy (non-hydrogen) atoms. The first kappa shape index (κ1) is 21.3. The van der Waals surface area contributed by atoms with Gasteiger partial charge in [0.05, 0.1) is 6.10 Å². The second-order valence-electron chi connectivity index (χ2n) is 9.88. The van der Waals surface area contributed by atoms with Gasteiger partial charge in [-0.15, -0.1) is 0 Å². The van der Waals surface area contributed by atoms with E-state index in [4.69, 9.17) is 0 Å². The largest absolute Gasteiger partial charge is 0.393 e. The van der Waals surface area contributed by atoms with Gasteiger partial charge in [0.15, 0.2) is 0 Å². The normalized spacial score (nSPS) is 28.8. The van der Waals surface area contributed by atoms with E-state index < -0.39 is 15.5 Å². The van der Waals surface area contributed by atoms with Crippen LogP contribution in [0.1, 0.15) is 65.2 Å². The number of aliphatic hydroxyl groups excluding tert-OH is 1. The Morgan fingerprint density at radius 2 is 1.56 bits per heavy atom. The van der Waals surface area contributed by atoms with Gasteiger partial charge in [0.1, 0.15) is 4.75 Å². The SMILES string of the molecule is CS(=O)C1(C(=O)N2CCC(O)CC2)CCN(CC2CCC(C)(C)CC2)CC1. The summed E-state index contributed by atoms with van der Waals surface area (Å²) in [6.45, 7) is 8.83. The first-order chi connectivity index (χ1) is 12.7. The third-order valence-corrected chi connectivity index (χ3v) is 9.01. The minimum absolute atomic E-state index is 0.0642. The van der Waals surface area contributed by atoms with Gasteiger partial charge in [-0.25, -0.2) is 0 Å². The number of amides is 1. The molecule has 2 aliphatic heterocycles. The summed E-state index contributed by atoms with van der Waals surface area (Å²) in [6, 6.07) is 0. The van der Waals surface area contributed by atoms with Gasteiger partial charge in [0, 0.05) is 49.8 Å². The van der Waals surface area contributed by atoms with Gasteiger partial charge in [-0.1, -0.05) is 13.8 Å². The number of hydrogen-bond acceptors (Lipinski definition) is 4. The Balaban J connectivity index is 1.55. The van der Waals surface area contributed by atoms with Crippen LogP contribution in [0.15, 0.2) is 0 Å². The van der Waals surface area contributed by atoms with E-state index >= 15 is 0 Å². The van der Waals surface area contributed by atoms with E-state index in [-0.39, 0.29) is 12.0 Å². The van der Waals surface area contributed by atoms with Crippen molar-refractivity contribution in [3.8, 4) is 0 Å². The van der Waals surface area contributed by atoms with Crippen LogP contribution in [0.2, 0.25) is 0 Å². The van der Waals surface area contributed by atoms with Crippen LogP contribution in [0.5, 0.6) is 0 Å². The second kappa shape index (κ2) is 8.50. The molecule has 3 aliphatic rings. The molecule has 1 atom stereocenters. The Hall–Kier alpha value is -0.460. The first-order valence-electron chi connectivity index (χ1n) is 10.8. The van der Waals surface area contributed by atoms with Crippen LogP contribution in [0.25, 0.3) is 0 Å². The quantitative estimate of drug-likeness (QED) is 0.790. The smallest absolute Gasteiger partial charge is 0.241 e. The van der Waals surface area contributed by atoms with Crippen molar-refractivity contribution in [2.75, 3.05) is 39.0 Å².